The molecule has 0 aliphatic heterocycles. The van der Waals surface area contributed by atoms with Gasteiger partial charge in [-0.05, 0) is 31.5 Å². The van der Waals surface area contributed by atoms with Crippen molar-refractivity contribution in [2.45, 2.75) is 30.7 Å². The minimum Gasteiger partial charge on any atom is -0.481 e. The molecule has 0 spiro atoms. The Kier molecular flexibility index (Phi) is 4.72. The van der Waals surface area contributed by atoms with Crippen LogP contribution in [0.3, 0.4) is 0 Å². The molecule has 0 heterocycles. The zero-order valence-corrected chi connectivity index (χ0v) is 11.2. The van der Waals surface area contributed by atoms with E-state index in [0.717, 1.165) is 6.26 Å². The highest BCUT2D eigenvalue weighted by atomic mass is 32.2. The number of nitrogens with one attached hydrogen (secondary N) is 1. The van der Waals surface area contributed by atoms with Gasteiger partial charge in [-0.3, -0.25) is 4.79 Å². The van der Waals surface area contributed by atoms with Gasteiger partial charge in [-0.1, -0.05) is 6.07 Å². The van der Waals surface area contributed by atoms with Crippen LogP contribution in [0.4, 0.5) is 5.69 Å². The number of carboxylic acid groups (broad SMARTS) is 1. The Balaban J connectivity index is 2.71. The van der Waals surface area contributed by atoms with E-state index in [1.54, 1.807) is 18.2 Å². The molecule has 0 saturated heterocycles. The summed E-state index contributed by atoms with van der Waals surface area (Å²) in [7, 11) is -3.22. The molecular weight excluding hydrogens is 254 g/mol. The van der Waals surface area contributed by atoms with Crippen LogP contribution in [0.1, 0.15) is 19.8 Å². The van der Waals surface area contributed by atoms with Gasteiger partial charge in [0.15, 0.2) is 9.84 Å². The van der Waals surface area contributed by atoms with Gasteiger partial charge < -0.3 is 10.4 Å². The van der Waals surface area contributed by atoms with Crippen molar-refractivity contribution in [2.75, 3.05) is 11.6 Å². The topological polar surface area (TPSA) is 83.5 Å². The van der Waals surface area contributed by atoms with Gasteiger partial charge in [0.05, 0.1) is 4.90 Å². The van der Waals surface area contributed by atoms with Crippen molar-refractivity contribution in [2.24, 2.45) is 0 Å². The molecule has 1 aromatic rings. The average Bonchev–Trinajstić information content (AvgIpc) is 2.25. The first-order valence-corrected chi connectivity index (χ1v) is 7.46. The summed E-state index contributed by atoms with van der Waals surface area (Å²) >= 11 is 0. The Hall–Kier alpha value is -1.56. The van der Waals surface area contributed by atoms with E-state index in [1.807, 2.05) is 6.92 Å². The summed E-state index contributed by atoms with van der Waals surface area (Å²) in [5.41, 5.74) is 0.677. The van der Waals surface area contributed by atoms with E-state index >= 15 is 0 Å². The Morgan fingerprint density at radius 2 is 2.11 bits per heavy atom. The molecule has 1 atom stereocenters. The number of carboxylic acids is 1. The van der Waals surface area contributed by atoms with Gasteiger partial charge in [-0.25, -0.2) is 8.42 Å². The van der Waals surface area contributed by atoms with E-state index < -0.39 is 15.8 Å². The Bertz CT molecular complexity index is 525. The summed E-state index contributed by atoms with van der Waals surface area (Å²) in [6.45, 7) is 1.86. The number of hydrogen-bond donors (Lipinski definition) is 2. The van der Waals surface area contributed by atoms with Crippen molar-refractivity contribution in [1.82, 2.24) is 0 Å². The van der Waals surface area contributed by atoms with E-state index in [0.29, 0.717) is 12.1 Å². The van der Waals surface area contributed by atoms with Gasteiger partial charge >= 0.3 is 5.97 Å². The molecule has 0 amide bonds. The molecule has 0 aliphatic carbocycles. The highest BCUT2D eigenvalue weighted by Crippen LogP contribution is 2.16. The standard InChI is InChI=1S/C12H17NO4S/c1-9(6-7-12(14)15)13-10-4-3-5-11(8-10)18(2,16)17/h3-5,8-9,13H,6-7H2,1-2H3,(H,14,15). The van der Waals surface area contributed by atoms with Gasteiger partial charge in [-0.15, -0.1) is 0 Å². The summed E-state index contributed by atoms with van der Waals surface area (Å²) in [6, 6.07) is 6.46. The molecule has 18 heavy (non-hydrogen) atoms. The smallest absolute Gasteiger partial charge is 0.303 e. The second-order valence-electron chi connectivity index (χ2n) is 4.28. The van der Waals surface area contributed by atoms with Crippen molar-refractivity contribution in [3.63, 3.8) is 0 Å². The van der Waals surface area contributed by atoms with Crippen LogP contribution in [0.25, 0.3) is 0 Å². The van der Waals surface area contributed by atoms with Crippen LogP contribution in [0.2, 0.25) is 0 Å². The third kappa shape index (κ3) is 4.75. The normalized spacial score (nSPS) is 13.0. The first-order valence-electron chi connectivity index (χ1n) is 5.57. The largest absolute Gasteiger partial charge is 0.481 e. The number of sulfone groups is 1. The first kappa shape index (κ1) is 14.5. The molecule has 1 aromatic carbocycles. The Morgan fingerprint density at radius 3 is 2.67 bits per heavy atom. The summed E-state index contributed by atoms with van der Waals surface area (Å²) in [5, 5.41) is 11.7. The van der Waals surface area contributed by atoms with Crippen molar-refractivity contribution in [1.29, 1.82) is 0 Å². The summed E-state index contributed by atoms with van der Waals surface area (Å²) < 4.78 is 22.8. The molecule has 6 heteroatoms. The van der Waals surface area contributed by atoms with Crippen LogP contribution in [0, 0.1) is 0 Å². The Labute approximate surface area is 107 Å². The van der Waals surface area contributed by atoms with Gasteiger partial charge in [0.25, 0.3) is 0 Å². The second kappa shape index (κ2) is 5.86. The molecule has 0 aliphatic rings. The number of anilines is 1. The zero-order valence-electron chi connectivity index (χ0n) is 10.4. The highest BCUT2D eigenvalue weighted by Gasteiger charge is 2.09. The average molecular weight is 271 g/mol. The summed E-state index contributed by atoms with van der Waals surface area (Å²) in [5.74, 6) is -0.839. The second-order valence-corrected chi connectivity index (χ2v) is 6.29. The monoisotopic (exact) mass is 271 g/mol. The maximum atomic E-state index is 11.4. The molecule has 1 rings (SSSR count). The highest BCUT2D eigenvalue weighted by molar-refractivity contribution is 7.90. The summed E-state index contributed by atoms with van der Waals surface area (Å²) in [4.78, 5) is 10.7. The van der Waals surface area contributed by atoms with Crippen LogP contribution < -0.4 is 5.32 Å². The predicted molar refractivity (Wildman–Crippen MR) is 69.5 cm³/mol. The van der Waals surface area contributed by atoms with Crippen molar-refractivity contribution >= 4 is 21.5 Å². The fourth-order valence-electron chi connectivity index (χ4n) is 1.51. The van der Waals surface area contributed by atoms with E-state index in [1.165, 1.54) is 6.07 Å². The lowest BCUT2D eigenvalue weighted by Crippen LogP contribution is -2.16. The zero-order chi connectivity index (χ0) is 13.8. The molecule has 0 saturated carbocycles. The quantitative estimate of drug-likeness (QED) is 0.823. The van der Waals surface area contributed by atoms with Gasteiger partial charge in [0.2, 0.25) is 0 Å². The molecule has 0 radical (unpaired) electrons. The third-order valence-corrected chi connectivity index (χ3v) is 3.58. The molecule has 0 aromatic heterocycles. The van der Waals surface area contributed by atoms with Crippen LogP contribution >= 0.6 is 0 Å². The lowest BCUT2D eigenvalue weighted by atomic mass is 10.1. The number of aliphatic carboxylic acids is 1. The maximum Gasteiger partial charge on any atom is 0.303 e. The molecule has 2 N–H and O–H groups in total. The van der Waals surface area contributed by atoms with Crippen molar-refractivity contribution < 1.29 is 18.3 Å². The number of hydrogen-bond acceptors (Lipinski definition) is 4. The minimum absolute atomic E-state index is 0.0316. The maximum absolute atomic E-state index is 11.4. The molecule has 100 valence electrons. The SMILES string of the molecule is CC(CCC(=O)O)Nc1cccc(S(C)(=O)=O)c1. The third-order valence-electron chi connectivity index (χ3n) is 2.47. The lowest BCUT2D eigenvalue weighted by Gasteiger charge is -2.14. The fourth-order valence-corrected chi connectivity index (χ4v) is 2.18. The van der Waals surface area contributed by atoms with Gasteiger partial charge in [0, 0.05) is 24.4 Å². The van der Waals surface area contributed by atoms with Gasteiger partial charge in [0.1, 0.15) is 0 Å². The van der Waals surface area contributed by atoms with Crippen LogP contribution in [0.5, 0.6) is 0 Å². The minimum atomic E-state index is -3.22. The number of rotatable bonds is 6. The summed E-state index contributed by atoms with van der Waals surface area (Å²) in [6.07, 6.45) is 1.72. The fraction of sp³-hybridized carbons (Fsp3) is 0.417. The predicted octanol–water partition coefficient (Wildman–Crippen LogP) is 1.76. The molecular formula is C12H17NO4S. The number of benzene rings is 1. The molecule has 1 unspecified atom stereocenters. The molecule has 5 nitrogen and oxygen atoms in total. The lowest BCUT2D eigenvalue weighted by molar-refractivity contribution is -0.137. The van der Waals surface area contributed by atoms with E-state index in [9.17, 15) is 13.2 Å². The Morgan fingerprint density at radius 1 is 1.44 bits per heavy atom. The molecule has 0 bridgehead atoms. The molecule has 0 fully saturated rings. The van der Waals surface area contributed by atoms with Crippen LogP contribution in [-0.2, 0) is 14.6 Å². The number of carbonyl (C=O) groups is 1. The van der Waals surface area contributed by atoms with E-state index in [4.69, 9.17) is 5.11 Å². The van der Waals surface area contributed by atoms with E-state index in [2.05, 4.69) is 5.32 Å². The van der Waals surface area contributed by atoms with Crippen molar-refractivity contribution in [3.05, 3.63) is 24.3 Å². The van der Waals surface area contributed by atoms with Crippen LogP contribution in [-0.4, -0.2) is 31.8 Å². The van der Waals surface area contributed by atoms with Gasteiger partial charge in [-0.2, -0.15) is 0 Å². The first-order chi connectivity index (χ1) is 8.29. The van der Waals surface area contributed by atoms with E-state index in [-0.39, 0.29) is 17.4 Å². The van der Waals surface area contributed by atoms with Crippen molar-refractivity contribution in [3.8, 4) is 0 Å². The van der Waals surface area contributed by atoms with Crippen LogP contribution in [0.15, 0.2) is 29.2 Å².